The van der Waals surface area contributed by atoms with Gasteiger partial charge >= 0.3 is 0 Å². The third-order valence-corrected chi connectivity index (χ3v) is 2.96. The first-order valence-electron chi connectivity index (χ1n) is 5.53. The molecule has 0 spiro atoms. The molecule has 14 heavy (non-hydrogen) atoms. The summed E-state index contributed by atoms with van der Waals surface area (Å²) in [5, 5.41) is 0. The molecule has 1 aliphatic heterocycles. The second kappa shape index (κ2) is 4.78. The Morgan fingerprint density at radius 2 is 1.93 bits per heavy atom. The summed E-state index contributed by atoms with van der Waals surface area (Å²) in [5.41, 5.74) is 5.50. The van der Waals surface area contributed by atoms with E-state index in [-0.39, 0.29) is 11.8 Å². The SMILES string of the molecule is CC1CC(C)CN(C(=O)C(C)CN)C1. The lowest BCUT2D eigenvalue weighted by atomic mass is 9.91. The number of piperidine rings is 1. The van der Waals surface area contributed by atoms with Crippen LogP contribution in [0.15, 0.2) is 0 Å². The van der Waals surface area contributed by atoms with E-state index in [0.29, 0.717) is 18.4 Å². The third-order valence-electron chi connectivity index (χ3n) is 2.96. The zero-order chi connectivity index (χ0) is 10.7. The fourth-order valence-corrected chi connectivity index (χ4v) is 2.26. The molecule has 3 heteroatoms. The van der Waals surface area contributed by atoms with E-state index in [1.54, 1.807) is 0 Å². The van der Waals surface area contributed by atoms with Crippen molar-refractivity contribution in [2.75, 3.05) is 19.6 Å². The lowest BCUT2D eigenvalue weighted by molar-refractivity contribution is -0.137. The number of hydrogen-bond donors (Lipinski definition) is 1. The molecule has 1 amide bonds. The van der Waals surface area contributed by atoms with Crippen molar-refractivity contribution in [1.82, 2.24) is 4.90 Å². The number of likely N-dealkylation sites (tertiary alicyclic amines) is 1. The molecule has 1 saturated heterocycles. The quantitative estimate of drug-likeness (QED) is 0.722. The summed E-state index contributed by atoms with van der Waals surface area (Å²) >= 11 is 0. The largest absolute Gasteiger partial charge is 0.342 e. The van der Waals surface area contributed by atoms with Crippen LogP contribution in [0.25, 0.3) is 0 Å². The minimum atomic E-state index is -0.0208. The Kier molecular flexibility index (Phi) is 3.93. The van der Waals surface area contributed by atoms with Gasteiger partial charge in [-0.2, -0.15) is 0 Å². The fraction of sp³-hybridized carbons (Fsp3) is 0.909. The van der Waals surface area contributed by atoms with Crippen LogP contribution in [0.2, 0.25) is 0 Å². The van der Waals surface area contributed by atoms with Gasteiger partial charge in [0.25, 0.3) is 0 Å². The van der Waals surface area contributed by atoms with Crippen molar-refractivity contribution in [2.45, 2.75) is 27.2 Å². The summed E-state index contributed by atoms with van der Waals surface area (Å²) in [4.78, 5) is 13.8. The number of hydrogen-bond acceptors (Lipinski definition) is 2. The zero-order valence-corrected chi connectivity index (χ0v) is 9.49. The van der Waals surface area contributed by atoms with E-state index in [1.165, 1.54) is 6.42 Å². The number of nitrogens with zero attached hydrogens (tertiary/aromatic N) is 1. The summed E-state index contributed by atoms with van der Waals surface area (Å²) in [5.74, 6) is 1.47. The Labute approximate surface area is 86.6 Å². The minimum absolute atomic E-state index is 0.0208. The Balaban J connectivity index is 2.54. The Hall–Kier alpha value is -0.570. The molecule has 1 fully saturated rings. The minimum Gasteiger partial charge on any atom is -0.342 e. The summed E-state index contributed by atoms with van der Waals surface area (Å²) in [6, 6.07) is 0. The highest BCUT2D eigenvalue weighted by molar-refractivity contribution is 5.78. The highest BCUT2D eigenvalue weighted by atomic mass is 16.2. The Morgan fingerprint density at radius 1 is 1.43 bits per heavy atom. The van der Waals surface area contributed by atoms with Crippen LogP contribution in [0.1, 0.15) is 27.2 Å². The smallest absolute Gasteiger partial charge is 0.226 e. The summed E-state index contributed by atoms with van der Waals surface area (Å²) < 4.78 is 0. The van der Waals surface area contributed by atoms with Crippen LogP contribution in [0, 0.1) is 17.8 Å². The van der Waals surface area contributed by atoms with Gasteiger partial charge in [-0.1, -0.05) is 20.8 Å². The normalized spacial score (nSPS) is 30.1. The van der Waals surface area contributed by atoms with Crippen molar-refractivity contribution in [3.63, 3.8) is 0 Å². The molecule has 3 atom stereocenters. The van der Waals surface area contributed by atoms with Gasteiger partial charge in [-0.15, -0.1) is 0 Å². The molecule has 0 aromatic rings. The molecule has 82 valence electrons. The van der Waals surface area contributed by atoms with Gasteiger partial charge in [0.15, 0.2) is 0 Å². The van der Waals surface area contributed by atoms with Gasteiger partial charge in [0, 0.05) is 25.6 Å². The number of rotatable bonds is 2. The maximum Gasteiger partial charge on any atom is 0.226 e. The summed E-state index contributed by atoms with van der Waals surface area (Å²) in [7, 11) is 0. The maximum absolute atomic E-state index is 11.9. The maximum atomic E-state index is 11.9. The molecule has 3 unspecified atom stereocenters. The van der Waals surface area contributed by atoms with E-state index < -0.39 is 0 Å². The first-order chi connectivity index (χ1) is 6.54. The van der Waals surface area contributed by atoms with E-state index >= 15 is 0 Å². The van der Waals surface area contributed by atoms with Crippen molar-refractivity contribution in [1.29, 1.82) is 0 Å². The van der Waals surface area contributed by atoms with E-state index in [0.717, 1.165) is 13.1 Å². The molecule has 1 heterocycles. The Morgan fingerprint density at radius 3 is 2.36 bits per heavy atom. The number of carbonyl (C=O) groups excluding carboxylic acids is 1. The second-order valence-electron chi connectivity index (χ2n) is 4.83. The molecule has 0 aliphatic carbocycles. The van der Waals surface area contributed by atoms with Gasteiger partial charge in [-0.25, -0.2) is 0 Å². The Bertz CT molecular complexity index is 195. The van der Waals surface area contributed by atoms with Crippen LogP contribution in [0.5, 0.6) is 0 Å². The number of amides is 1. The molecular weight excluding hydrogens is 176 g/mol. The summed E-state index contributed by atoms with van der Waals surface area (Å²) in [6.07, 6.45) is 1.24. The molecule has 2 N–H and O–H groups in total. The van der Waals surface area contributed by atoms with Crippen LogP contribution in [-0.4, -0.2) is 30.4 Å². The van der Waals surface area contributed by atoms with Crippen LogP contribution < -0.4 is 5.73 Å². The van der Waals surface area contributed by atoms with Crippen molar-refractivity contribution in [3.8, 4) is 0 Å². The number of nitrogens with two attached hydrogens (primary N) is 1. The van der Waals surface area contributed by atoms with Gasteiger partial charge in [0.2, 0.25) is 5.91 Å². The van der Waals surface area contributed by atoms with Crippen molar-refractivity contribution in [2.24, 2.45) is 23.5 Å². The monoisotopic (exact) mass is 198 g/mol. The molecule has 0 bridgehead atoms. The molecule has 1 rings (SSSR count). The predicted octanol–water partition coefficient (Wildman–Crippen LogP) is 1.09. The molecular formula is C11H22N2O. The predicted molar refractivity (Wildman–Crippen MR) is 57.7 cm³/mol. The molecule has 0 saturated carbocycles. The van der Waals surface area contributed by atoms with Crippen molar-refractivity contribution >= 4 is 5.91 Å². The van der Waals surface area contributed by atoms with Gasteiger partial charge in [0.1, 0.15) is 0 Å². The highest BCUT2D eigenvalue weighted by Gasteiger charge is 2.27. The van der Waals surface area contributed by atoms with Crippen molar-refractivity contribution < 1.29 is 4.79 Å². The van der Waals surface area contributed by atoms with Gasteiger partial charge in [0.05, 0.1) is 0 Å². The zero-order valence-electron chi connectivity index (χ0n) is 9.49. The molecule has 0 aromatic carbocycles. The van der Waals surface area contributed by atoms with Crippen LogP contribution in [0.3, 0.4) is 0 Å². The van der Waals surface area contributed by atoms with Crippen LogP contribution in [-0.2, 0) is 4.79 Å². The van der Waals surface area contributed by atoms with Gasteiger partial charge in [-0.05, 0) is 18.3 Å². The van der Waals surface area contributed by atoms with Gasteiger partial charge in [-0.3, -0.25) is 4.79 Å². The third kappa shape index (κ3) is 2.71. The van der Waals surface area contributed by atoms with E-state index in [9.17, 15) is 4.79 Å². The van der Waals surface area contributed by atoms with E-state index in [4.69, 9.17) is 5.73 Å². The van der Waals surface area contributed by atoms with E-state index in [2.05, 4.69) is 13.8 Å². The first-order valence-corrected chi connectivity index (χ1v) is 5.53. The fourth-order valence-electron chi connectivity index (χ4n) is 2.26. The molecule has 0 aromatic heterocycles. The van der Waals surface area contributed by atoms with E-state index in [1.807, 2.05) is 11.8 Å². The topological polar surface area (TPSA) is 46.3 Å². The lowest BCUT2D eigenvalue weighted by Crippen LogP contribution is -2.46. The number of carbonyl (C=O) groups is 1. The molecule has 3 nitrogen and oxygen atoms in total. The molecule has 1 aliphatic rings. The van der Waals surface area contributed by atoms with Crippen LogP contribution in [0.4, 0.5) is 0 Å². The second-order valence-corrected chi connectivity index (χ2v) is 4.83. The first kappa shape index (κ1) is 11.5. The average molecular weight is 198 g/mol. The average Bonchev–Trinajstić information content (AvgIpc) is 2.14. The van der Waals surface area contributed by atoms with Gasteiger partial charge < -0.3 is 10.6 Å². The van der Waals surface area contributed by atoms with Crippen LogP contribution >= 0.6 is 0 Å². The standard InChI is InChI=1S/C11H22N2O/c1-8-4-9(2)7-13(6-8)11(14)10(3)5-12/h8-10H,4-7,12H2,1-3H3. The van der Waals surface area contributed by atoms with Crippen molar-refractivity contribution in [3.05, 3.63) is 0 Å². The molecule has 0 radical (unpaired) electrons. The lowest BCUT2D eigenvalue weighted by Gasteiger charge is -2.36. The summed E-state index contributed by atoms with van der Waals surface area (Å²) in [6.45, 7) is 8.61. The highest BCUT2D eigenvalue weighted by Crippen LogP contribution is 2.21.